The highest BCUT2D eigenvalue weighted by molar-refractivity contribution is 5.92. The Kier molecular flexibility index (Phi) is 4.59. The van der Waals surface area contributed by atoms with Crippen LogP contribution in [0.4, 0.5) is 0 Å². The highest BCUT2D eigenvalue weighted by Gasteiger charge is 2.38. The van der Waals surface area contributed by atoms with E-state index < -0.39 is 5.92 Å². The van der Waals surface area contributed by atoms with Crippen molar-refractivity contribution in [3.05, 3.63) is 58.5 Å². The van der Waals surface area contributed by atoms with Gasteiger partial charge < -0.3 is 9.47 Å². The lowest BCUT2D eigenvalue weighted by Gasteiger charge is -2.25. The maximum Gasteiger partial charge on any atom is 0.251 e. The summed E-state index contributed by atoms with van der Waals surface area (Å²) in [5, 5.41) is 22.1. The molecule has 1 aromatic carbocycles. The topological polar surface area (TPSA) is 101 Å². The number of hydrogen-bond acceptors (Lipinski definition) is 6. The van der Waals surface area contributed by atoms with Gasteiger partial charge in [-0.2, -0.15) is 5.26 Å². The van der Waals surface area contributed by atoms with E-state index in [1.165, 1.54) is 11.6 Å². The Bertz CT molecular complexity index is 951. The van der Waals surface area contributed by atoms with E-state index in [4.69, 9.17) is 14.9 Å². The Morgan fingerprint density at radius 2 is 2.12 bits per heavy atom. The van der Waals surface area contributed by atoms with E-state index in [0.717, 1.165) is 5.56 Å². The number of aromatic nitrogens is 2. The van der Waals surface area contributed by atoms with Crippen LogP contribution < -0.4 is 4.74 Å². The Labute approximate surface area is 151 Å². The van der Waals surface area contributed by atoms with E-state index in [1.807, 2.05) is 30.3 Å². The monoisotopic (exact) mass is 350 g/mol. The Hall–Kier alpha value is -3.40. The van der Waals surface area contributed by atoms with Crippen molar-refractivity contribution in [2.45, 2.75) is 26.7 Å². The lowest BCUT2D eigenvalue weighted by molar-refractivity contribution is 0.0917. The van der Waals surface area contributed by atoms with Gasteiger partial charge in [0, 0.05) is 6.92 Å². The van der Waals surface area contributed by atoms with Crippen LogP contribution in [0, 0.1) is 23.7 Å². The van der Waals surface area contributed by atoms with Crippen molar-refractivity contribution in [1.82, 2.24) is 9.78 Å². The predicted molar refractivity (Wildman–Crippen MR) is 94.2 cm³/mol. The van der Waals surface area contributed by atoms with Gasteiger partial charge in [0.15, 0.2) is 0 Å². The summed E-state index contributed by atoms with van der Waals surface area (Å²) >= 11 is 0. The molecular formula is C19H18N4O3. The molecule has 2 heterocycles. The fraction of sp³-hybridized carbons (Fsp3) is 0.263. The van der Waals surface area contributed by atoms with Gasteiger partial charge in [0.2, 0.25) is 17.5 Å². The summed E-state index contributed by atoms with van der Waals surface area (Å²) in [6, 6.07) is 11.6. The molecule has 1 atom stereocenters. The van der Waals surface area contributed by atoms with Gasteiger partial charge in [-0.25, -0.2) is 4.68 Å². The van der Waals surface area contributed by atoms with E-state index in [9.17, 15) is 10.1 Å². The number of nitrogens with one attached hydrogen (secondary N) is 1. The molecule has 3 rings (SSSR count). The van der Waals surface area contributed by atoms with Crippen LogP contribution in [-0.4, -0.2) is 28.2 Å². The van der Waals surface area contributed by atoms with Crippen molar-refractivity contribution in [2.75, 3.05) is 6.61 Å². The van der Waals surface area contributed by atoms with Crippen LogP contribution in [0.3, 0.4) is 0 Å². The van der Waals surface area contributed by atoms with E-state index >= 15 is 0 Å². The maximum atomic E-state index is 11.9. The molecule has 0 radical (unpaired) electrons. The molecule has 0 aliphatic carbocycles. The zero-order chi connectivity index (χ0) is 18.8. The molecule has 26 heavy (non-hydrogen) atoms. The second-order valence-corrected chi connectivity index (χ2v) is 5.80. The van der Waals surface area contributed by atoms with Crippen LogP contribution in [0.1, 0.15) is 41.4 Å². The van der Waals surface area contributed by atoms with Gasteiger partial charge in [0.1, 0.15) is 0 Å². The Balaban J connectivity index is 2.27. The third-order valence-corrected chi connectivity index (χ3v) is 4.20. The number of carbonyl (C=O) groups excluding carboxylic acids is 1. The lowest BCUT2D eigenvalue weighted by atomic mass is 9.83. The third-order valence-electron chi connectivity index (χ3n) is 4.20. The van der Waals surface area contributed by atoms with Crippen molar-refractivity contribution in [3.63, 3.8) is 0 Å². The molecule has 1 N–H and O–H groups in total. The Morgan fingerprint density at radius 1 is 1.42 bits per heavy atom. The standard InChI is InChI=1S/C19H18N4O3/c1-4-25-18(21)17-14(10-20)16(13-8-6-5-7-9-13)15-11(2)23(12(3)24)22-19(15)26-17/h5-9,16,21H,4H2,1-3H3. The molecule has 132 valence electrons. The van der Waals surface area contributed by atoms with Crippen molar-refractivity contribution >= 4 is 11.8 Å². The van der Waals surface area contributed by atoms with Crippen LogP contribution in [-0.2, 0) is 4.74 Å². The average Bonchev–Trinajstić information content (AvgIpc) is 2.98. The molecule has 0 bridgehead atoms. The smallest absolute Gasteiger partial charge is 0.251 e. The normalized spacial score (nSPS) is 15.7. The van der Waals surface area contributed by atoms with Gasteiger partial charge in [-0.15, -0.1) is 5.10 Å². The lowest BCUT2D eigenvalue weighted by Crippen LogP contribution is -2.22. The molecule has 1 aliphatic rings. The second-order valence-electron chi connectivity index (χ2n) is 5.80. The van der Waals surface area contributed by atoms with Crippen LogP contribution >= 0.6 is 0 Å². The zero-order valence-electron chi connectivity index (χ0n) is 14.7. The molecule has 0 saturated heterocycles. The van der Waals surface area contributed by atoms with Gasteiger partial charge in [0.05, 0.1) is 35.4 Å². The summed E-state index contributed by atoms with van der Waals surface area (Å²) in [7, 11) is 0. The minimum Gasteiger partial charge on any atom is -0.476 e. The number of rotatable bonds is 3. The number of carbonyl (C=O) groups is 1. The first kappa shape index (κ1) is 17.4. The molecule has 0 spiro atoms. The summed E-state index contributed by atoms with van der Waals surface area (Å²) < 4.78 is 12.2. The van der Waals surface area contributed by atoms with Gasteiger partial charge >= 0.3 is 0 Å². The van der Waals surface area contributed by atoms with E-state index in [1.54, 1.807) is 13.8 Å². The molecule has 7 nitrogen and oxygen atoms in total. The minimum absolute atomic E-state index is 0.0314. The first-order valence-corrected chi connectivity index (χ1v) is 8.18. The fourth-order valence-corrected chi connectivity index (χ4v) is 3.10. The molecule has 0 saturated carbocycles. The van der Waals surface area contributed by atoms with Crippen molar-refractivity contribution < 1.29 is 14.3 Å². The first-order valence-electron chi connectivity index (χ1n) is 8.18. The van der Waals surface area contributed by atoms with Crippen LogP contribution in [0.15, 0.2) is 41.7 Å². The van der Waals surface area contributed by atoms with Gasteiger partial charge in [-0.05, 0) is 19.4 Å². The summed E-state index contributed by atoms with van der Waals surface area (Å²) in [6.07, 6.45) is 0. The number of nitriles is 1. The summed E-state index contributed by atoms with van der Waals surface area (Å²) in [5.74, 6) is -0.735. The molecule has 7 heteroatoms. The average molecular weight is 350 g/mol. The quantitative estimate of drug-likeness (QED) is 0.677. The minimum atomic E-state index is -0.492. The molecule has 1 aliphatic heterocycles. The summed E-state index contributed by atoms with van der Waals surface area (Å²) in [5.41, 5.74) is 2.36. The van der Waals surface area contributed by atoms with Crippen molar-refractivity contribution in [2.24, 2.45) is 0 Å². The van der Waals surface area contributed by atoms with Crippen LogP contribution in [0.2, 0.25) is 0 Å². The van der Waals surface area contributed by atoms with Crippen LogP contribution in [0.25, 0.3) is 0 Å². The molecule has 0 amide bonds. The van der Waals surface area contributed by atoms with Crippen molar-refractivity contribution in [3.8, 4) is 11.9 Å². The van der Waals surface area contributed by atoms with Gasteiger partial charge in [0.25, 0.3) is 5.90 Å². The third kappa shape index (κ3) is 2.75. The molecular weight excluding hydrogens is 332 g/mol. The molecule has 1 aromatic heterocycles. The number of hydrogen-bond donors (Lipinski definition) is 1. The van der Waals surface area contributed by atoms with E-state index in [2.05, 4.69) is 11.2 Å². The maximum absolute atomic E-state index is 11.9. The zero-order valence-corrected chi connectivity index (χ0v) is 14.7. The van der Waals surface area contributed by atoms with E-state index in [0.29, 0.717) is 11.3 Å². The van der Waals surface area contributed by atoms with E-state index in [-0.39, 0.29) is 35.6 Å². The van der Waals surface area contributed by atoms with Crippen molar-refractivity contribution in [1.29, 1.82) is 10.7 Å². The van der Waals surface area contributed by atoms with Crippen LogP contribution in [0.5, 0.6) is 5.88 Å². The number of allylic oxidation sites excluding steroid dienone is 1. The summed E-state index contributed by atoms with van der Waals surface area (Å²) in [6.45, 7) is 5.19. The highest BCUT2D eigenvalue weighted by Crippen LogP contribution is 2.44. The largest absolute Gasteiger partial charge is 0.476 e. The first-order chi connectivity index (χ1) is 12.5. The number of fused-ring (bicyclic) bond motifs is 1. The predicted octanol–water partition coefficient (Wildman–Crippen LogP) is 3.17. The van der Waals surface area contributed by atoms with Gasteiger partial charge in [-0.3, -0.25) is 10.2 Å². The molecule has 1 unspecified atom stereocenters. The fourth-order valence-electron chi connectivity index (χ4n) is 3.10. The number of benzene rings is 1. The highest BCUT2D eigenvalue weighted by atomic mass is 16.5. The SMILES string of the molecule is CCOC(=N)C1=C(C#N)C(c2ccccc2)c2c(nn(C(C)=O)c2C)O1. The number of nitrogens with zero attached hydrogens (tertiary/aromatic N) is 3. The number of ether oxygens (including phenoxy) is 2. The summed E-state index contributed by atoms with van der Waals surface area (Å²) in [4.78, 5) is 11.9. The second kappa shape index (κ2) is 6.84. The molecule has 0 fully saturated rings. The van der Waals surface area contributed by atoms with Gasteiger partial charge in [-0.1, -0.05) is 30.3 Å². The Morgan fingerprint density at radius 3 is 2.69 bits per heavy atom. The molecule has 2 aromatic rings.